The van der Waals surface area contributed by atoms with Crippen LogP contribution in [-0.4, -0.2) is 10.5 Å². The molecule has 0 radical (unpaired) electrons. The van der Waals surface area contributed by atoms with Gasteiger partial charge in [-0.15, -0.1) is 0 Å². The molecular formula is C16H13IN2O2S. The van der Waals surface area contributed by atoms with E-state index < -0.39 is 0 Å². The summed E-state index contributed by atoms with van der Waals surface area (Å²) in [7, 11) is 0. The number of aromatic nitrogens is 1. The van der Waals surface area contributed by atoms with Crippen LogP contribution in [0.4, 0.5) is 5.69 Å². The lowest BCUT2D eigenvalue weighted by Gasteiger charge is -2.06. The molecule has 0 atom stereocenters. The Morgan fingerprint density at radius 1 is 1.23 bits per heavy atom. The number of rotatable bonds is 3. The van der Waals surface area contributed by atoms with Gasteiger partial charge in [-0.2, -0.15) is 0 Å². The predicted molar refractivity (Wildman–Crippen MR) is 98.9 cm³/mol. The van der Waals surface area contributed by atoms with Gasteiger partial charge in [0.25, 0.3) is 5.91 Å². The predicted octanol–water partition coefficient (Wildman–Crippen LogP) is 3.94. The Morgan fingerprint density at radius 3 is 2.64 bits per heavy atom. The van der Waals surface area contributed by atoms with Gasteiger partial charge in [-0.05, 0) is 72.0 Å². The summed E-state index contributed by atoms with van der Waals surface area (Å²) in [4.78, 5) is 24.1. The highest BCUT2D eigenvalue weighted by Gasteiger charge is 2.09. The summed E-state index contributed by atoms with van der Waals surface area (Å²) < 4.78 is 3.69. The lowest BCUT2D eigenvalue weighted by Crippen LogP contribution is -2.12. The number of carbonyl (C=O) groups is 1. The molecule has 0 unspecified atom stereocenters. The highest BCUT2D eigenvalue weighted by molar-refractivity contribution is 14.1. The molecule has 1 aromatic heterocycles. The summed E-state index contributed by atoms with van der Waals surface area (Å²) in [6.07, 6.45) is 0. The number of benzene rings is 2. The molecule has 0 saturated heterocycles. The van der Waals surface area contributed by atoms with Crippen molar-refractivity contribution in [3.63, 3.8) is 0 Å². The molecule has 112 valence electrons. The lowest BCUT2D eigenvalue weighted by molar-refractivity contribution is 0.102. The Kier molecular flexibility index (Phi) is 4.30. The number of nitrogens with one attached hydrogen (secondary N) is 1. The van der Waals surface area contributed by atoms with Crippen molar-refractivity contribution in [1.82, 2.24) is 4.57 Å². The van der Waals surface area contributed by atoms with E-state index in [-0.39, 0.29) is 10.8 Å². The van der Waals surface area contributed by atoms with Crippen LogP contribution in [0.5, 0.6) is 0 Å². The molecule has 0 saturated carbocycles. The monoisotopic (exact) mass is 424 g/mol. The number of halogens is 1. The Morgan fingerprint density at radius 2 is 1.95 bits per heavy atom. The molecule has 0 aliphatic carbocycles. The van der Waals surface area contributed by atoms with Crippen LogP contribution in [0.2, 0.25) is 0 Å². The van der Waals surface area contributed by atoms with Gasteiger partial charge in [-0.3, -0.25) is 14.2 Å². The molecule has 3 rings (SSSR count). The van der Waals surface area contributed by atoms with Gasteiger partial charge in [0.1, 0.15) is 0 Å². The molecule has 6 heteroatoms. The van der Waals surface area contributed by atoms with Crippen LogP contribution in [0.15, 0.2) is 47.3 Å². The highest BCUT2D eigenvalue weighted by Crippen LogP contribution is 2.22. The van der Waals surface area contributed by atoms with E-state index in [0.717, 1.165) is 13.8 Å². The Bertz CT molecular complexity index is 897. The van der Waals surface area contributed by atoms with Crippen molar-refractivity contribution in [2.24, 2.45) is 0 Å². The molecule has 0 aliphatic rings. The topological polar surface area (TPSA) is 51.1 Å². The number of hydrogen-bond donors (Lipinski definition) is 1. The van der Waals surface area contributed by atoms with E-state index in [0.29, 0.717) is 17.8 Å². The second-order valence-corrected chi connectivity index (χ2v) is 6.99. The first-order chi connectivity index (χ1) is 10.6. The second-order valence-electron chi connectivity index (χ2n) is 4.76. The van der Waals surface area contributed by atoms with E-state index in [4.69, 9.17) is 0 Å². The number of carbonyl (C=O) groups excluding carboxylic acids is 1. The Balaban J connectivity index is 1.89. The summed E-state index contributed by atoms with van der Waals surface area (Å²) in [6, 6.07) is 12.9. The SMILES string of the molecule is CCn1c(=O)sc2cc(NC(=O)c3ccc(I)cc3)ccc21. The molecule has 0 bridgehead atoms. The van der Waals surface area contributed by atoms with E-state index in [1.165, 1.54) is 11.3 Å². The third-order valence-electron chi connectivity index (χ3n) is 3.35. The first-order valence-electron chi connectivity index (χ1n) is 6.79. The molecule has 1 amide bonds. The highest BCUT2D eigenvalue weighted by atomic mass is 127. The first-order valence-corrected chi connectivity index (χ1v) is 8.68. The van der Waals surface area contributed by atoms with Crippen LogP contribution >= 0.6 is 33.9 Å². The lowest BCUT2D eigenvalue weighted by atomic mass is 10.2. The van der Waals surface area contributed by atoms with Crippen LogP contribution < -0.4 is 10.2 Å². The number of hydrogen-bond acceptors (Lipinski definition) is 3. The standard InChI is InChI=1S/C16H13IN2O2S/c1-2-19-13-8-7-12(9-14(13)22-16(19)21)18-15(20)10-3-5-11(17)6-4-10/h3-9H,2H2,1H3,(H,18,20). The van der Waals surface area contributed by atoms with Gasteiger partial charge in [0.2, 0.25) is 0 Å². The normalized spacial score (nSPS) is 10.8. The molecule has 3 aromatic rings. The molecule has 1 N–H and O–H groups in total. The molecule has 1 heterocycles. The fraction of sp³-hybridized carbons (Fsp3) is 0.125. The summed E-state index contributed by atoms with van der Waals surface area (Å²) in [6.45, 7) is 2.59. The van der Waals surface area contributed by atoms with Crippen LogP contribution in [-0.2, 0) is 6.54 Å². The third-order valence-corrected chi connectivity index (χ3v) is 5.01. The number of thiazole rings is 1. The minimum atomic E-state index is -0.155. The van der Waals surface area contributed by atoms with Crippen LogP contribution in [0.25, 0.3) is 10.2 Å². The van der Waals surface area contributed by atoms with Crippen molar-refractivity contribution in [2.75, 3.05) is 5.32 Å². The molecule has 0 spiro atoms. The molecule has 22 heavy (non-hydrogen) atoms. The maximum absolute atomic E-state index is 12.2. The summed E-state index contributed by atoms with van der Waals surface area (Å²) >= 11 is 3.40. The van der Waals surface area contributed by atoms with Crippen molar-refractivity contribution in [2.45, 2.75) is 13.5 Å². The quantitative estimate of drug-likeness (QED) is 0.648. The molecule has 2 aromatic carbocycles. The van der Waals surface area contributed by atoms with Crippen molar-refractivity contribution in [3.05, 3.63) is 61.3 Å². The second kappa shape index (κ2) is 6.21. The Labute approximate surface area is 144 Å². The van der Waals surface area contributed by atoms with Gasteiger partial charge in [0.05, 0.1) is 10.2 Å². The van der Waals surface area contributed by atoms with E-state index in [9.17, 15) is 9.59 Å². The first kappa shape index (κ1) is 15.2. The number of nitrogens with zero attached hydrogens (tertiary/aromatic N) is 1. The van der Waals surface area contributed by atoms with Gasteiger partial charge in [0, 0.05) is 21.4 Å². The van der Waals surface area contributed by atoms with Crippen molar-refractivity contribution >= 4 is 55.7 Å². The summed E-state index contributed by atoms with van der Waals surface area (Å²) in [5.74, 6) is -0.155. The Hall–Kier alpha value is -1.67. The summed E-state index contributed by atoms with van der Waals surface area (Å²) in [5, 5.41) is 2.87. The summed E-state index contributed by atoms with van der Waals surface area (Å²) in [5.41, 5.74) is 2.21. The molecular weight excluding hydrogens is 411 g/mol. The zero-order chi connectivity index (χ0) is 15.7. The number of amides is 1. The zero-order valence-electron chi connectivity index (χ0n) is 11.8. The largest absolute Gasteiger partial charge is 0.322 e. The van der Waals surface area contributed by atoms with Crippen LogP contribution in [0.3, 0.4) is 0 Å². The smallest absolute Gasteiger partial charge is 0.308 e. The van der Waals surface area contributed by atoms with Crippen LogP contribution in [0, 0.1) is 3.57 Å². The number of anilines is 1. The van der Waals surface area contributed by atoms with Crippen LogP contribution in [0.1, 0.15) is 17.3 Å². The maximum atomic E-state index is 12.2. The van der Waals surface area contributed by atoms with E-state index in [1.807, 2.05) is 37.3 Å². The third kappa shape index (κ3) is 2.93. The minimum Gasteiger partial charge on any atom is -0.322 e. The van der Waals surface area contributed by atoms with Gasteiger partial charge in [0.15, 0.2) is 0 Å². The van der Waals surface area contributed by atoms with E-state index in [1.54, 1.807) is 16.7 Å². The fourth-order valence-corrected chi connectivity index (χ4v) is 3.60. The number of fused-ring (bicyclic) bond motifs is 1. The average Bonchev–Trinajstić information content (AvgIpc) is 2.82. The molecule has 0 aliphatic heterocycles. The van der Waals surface area contributed by atoms with E-state index in [2.05, 4.69) is 27.9 Å². The van der Waals surface area contributed by atoms with Crippen molar-refractivity contribution < 1.29 is 4.79 Å². The number of aryl methyl sites for hydroxylation is 1. The van der Waals surface area contributed by atoms with Gasteiger partial charge in [-0.1, -0.05) is 11.3 Å². The van der Waals surface area contributed by atoms with Crippen molar-refractivity contribution in [3.8, 4) is 0 Å². The molecule has 4 nitrogen and oxygen atoms in total. The molecule has 0 fully saturated rings. The van der Waals surface area contributed by atoms with Crippen molar-refractivity contribution in [1.29, 1.82) is 0 Å². The van der Waals surface area contributed by atoms with Gasteiger partial charge >= 0.3 is 4.87 Å². The van der Waals surface area contributed by atoms with E-state index >= 15 is 0 Å². The fourth-order valence-electron chi connectivity index (χ4n) is 2.25. The van der Waals surface area contributed by atoms with Gasteiger partial charge in [-0.25, -0.2) is 0 Å². The average molecular weight is 424 g/mol. The van der Waals surface area contributed by atoms with Gasteiger partial charge < -0.3 is 5.32 Å². The maximum Gasteiger partial charge on any atom is 0.308 e. The zero-order valence-corrected chi connectivity index (χ0v) is 14.8. The minimum absolute atomic E-state index is 0.0265.